The minimum atomic E-state index is 0.0618. The number of nitrogens with one attached hydrogen (secondary N) is 1. The van der Waals surface area contributed by atoms with Gasteiger partial charge in [0, 0.05) is 37.9 Å². The van der Waals surface area contributed by atoms with Gasteiger partial charge in [-0.1, -0.05) is 6.92 Å². The average molecular weight is 315 g/mol. The van der Waals surface area contributed by atoms with Crippen LogP contribution in [0.2, 0.25) is 0 Å². The molecular formula is C15H21N7O. The first-order valence-corrected chi connectivity index (χ1v) is 8.25. The summed E-state index contributed by atoms with van der Waals surface area (Å²) in [6.07, 6.45) is 4.52. The molecule has 8 nitrogen and oxygen atoms in total. The highest BCUT2D eigenvalue weighted by Crippen LogP contribution is 2.24. The third-order valence-electron chi connectivity index (χ3n) is 4.70. The molecule has 0 aromatic carbocycles. The summed E-state index contributed by atoms with van der Waals surface area (Å²) < 4.78 is 1.80. The van der Waals surface area contributed by atoms with E-state index in [1.807, 2.05) is 4.90 Å². The van der Waals surface area contributed by atoms with E-state index in [1.54, 1.807) is 10.8 Å². The predicted molar refractivity (Wildman–Crippen MR) is 85.5 cm³/mol. The summed E-state index contributed by atoms with van der Waals surface area (Å²) in [5.41, 5.74) is 1.02. The Hall–Kier alpha value is -2.38. The first-order valence-electron chi connectivity index (χ1n) is 8.25. The zero-order valence-corrected chi connectivity index (χ0v) is 13.3. The lowest BCUT2D eigenvalue weighted by Gasteiger charge is -2.38. The Morgan fingerprint density at radius 3 is 3.09 bits per heavy atom. The molecular weight excluding hydrogens is 294 g/mol. The highest BCUT2D eigenvalue weighted by molar-refractivity contribution is 5.76. The van der Waals surface area contributed by atoms with Gasteiger partial charge in [-0.3, -0.25) is 0 Å². The van der Waals surface area contributed by atoms with Gasteiger partial charge in [-0.25, -0.2) is 9.78 Å². The van der Waals surface area contributed by atoms with E-state index in [0.29, 0.717) is 5.78 Å². The molecule has 2 aliphatic rings. The molecule has 0 bridgehead atoms. The summed E-state index contributed by atoms with van der Waals surface area (Å²) in [6.45, 7) is 5.43. The van der Waals surface area contributed by atoms with E-state index >= 15 is 0 Å². The van der Waals surface area contributed by atoms with E-state index in [4.69, 9.17) is 0 Å². The molecule has 4 heterocycles. The van der Waals surface area contributed by atoms with Crippen molar-refractivity contribution in [2.75, 3.05) is 31.1 Å². The Bertz CT molecular complexity index is 728. The topological polar surface area (TPSA) is 78.7 Å². The number of hydrogen-bond acceptors (Lipinski definition) is 5. The molecule has 0 spiro atoms. The van der Waals surface area contributed by atoms with Crippen molar-refractivity contribution in [2.45, 2.75) is 32.2 Å². The molecule has 1 unspecified atom stereocenters. The van der Waals surface area contributed by atoms with Crippen LogP contribution in [0.25, 0.3) is 5.78 Å². The number of anilines is 1. The number of carbonyl (C=O) groups excluding carboxylic acids is 1. The SMILES string of the molecule is CCc1cc(N2CCCC(N3CCNC3=O)C2)n2ncnc2n1. The largest absolute Gasteiger partial charge is 0.354 e. The van der Waals surface area contributed by atoms with Crippen molar-refractivity contribution in [3.8, 4) is 0 Å². The van der Waals surface area contributed by atoms with E-state index in [2.05, 4.69) is 38.3 Å². The van der Waals surface area contributed by atoms with Crippen molar-refractivity contribution >= 4 is 17.6 Å². The Morgan fingerprint density at radius 2 is 2.30 bits per heavy atom. The summed E-state index contributed by atoms with van der Waals surface area (Å²) in [5.74, 6) is 1.66. The van der Waals surface area contributed by atoms with Crippen LogP contribution in [0.15, 0.2) is 12.4 Å². The summed E-state index contributed by atoms with van der Waals surface area (Å²) >= 11 is 0. The van der Waals surface area contributed by atoms with Gasteiger partial charge in [-0.15, -0.1) is 0 Å². The van der Waals surface area contributed by atoms with Crippen LogP contribution in [0.1, 0.15) is 25.5 Å². The second-order valence-electron chi connectivity index (χ2n) is 6.10. The number of piperidine rings is 1. The van der Waals surface area contributed by atoms with Gasteiger partial charge in [0.05, 0.1) is 6.04 Å². The standard InChI is InChI=1S/C15H21N7O/c1-2-11-8-13(22-14(19-11)17-10-18-22)20-6-3-4-12(9-20)21-7-5-16-15(21)23/h8,10,12H,2-7,9H2,1H3,(H,16,23). The molecule has 2 fully saturated rings. The highest BCUT2D eigenvalue weighted by Gasteiger charge is 2.32. The lowest BCUT2D eigenvalue weighted by atomic mass is 10.0. The van der Waals surface area contributed by atoms with Crippen LogP contribution in [-0.2, 0) is 6.42 Å². The predicted octanol–water partition coefficient (Wildman–Crippen LogP) is 0.681. The molecule has 2 aromatic heterocycles. The highest BCUT2D eigenvalue weighted by atomic mass is 16.2. The van der Waals surface area contributed by atoms with Crippen molar-refractivity contribution in [3.63, 3.8) is 0 Å². The summed E-state index contributed by atoms with van der Waals surface area (Å²) in [7, 11) is 0. The van der Waals surface area contributed by atoms with Gasteiger partial charge in [0.1, 0.15) is 12.1 Å². The van der Waals surface area contributed by atoms with Gasteiger partial charge in [0.15, 0.2) is 0 Å². The Morgan fingerprint density at radius 1 is 1.39 bits per heavy atom. The minimum Gasteiger partial charge on any atom is -0.354 e. The monoisotopic (exact) mass is 315 g/mol. The number of carbonyl (C=O) groups is 1. The second-order valence-corrected chi connectivity index (χ2v) is 6.10. The maximum atomic E-state index is 11.9. The molecule has 0 aliphatic carbocycles. The molecule has 4 rings (SSSR count). The van der Waals surface area contributed by atoms with Crippen LogP contribution in [0.5, 0.6) is 0 Å². The maximum Gasteiger partial charge on any atom is 0.317 e. The van der Waals surface area contributed by atoms with E-state index in [0.717, 1.165) is 57.0 Å². The van der Waals surface area contributed by atoms with Crippen molar-refractivity contribution < 1.29 is 4.79 Å². The lowest BCUT2D eigenvalue weighted by Crippen LogP contribution is -2.49. The molecule has 23 heavy (non-hydrogen) atoms. The minimum absolute atomic E-state index is 0.0618. The van der Waals surface area contributed by atoms with Crippen LogP contribution in [-0.4, -0.2) is 62.7 Å². The molecule has 1 N–H and O–H groups in total. The van der Waals surface area contributed by atoms with E-state index in [1.165, 1.54) is 0 Å². The van der Waals surface area contributed by atoms with Crippen LogP contribution >= 0.6 is 0 Å². The first kappa shape index (κ1) is 14.2. The molecule has 2 aromatic rings. The molecule has 8 heteroatoms. The summed E-state index contributed by atoms with van der Waals surface area (Å²) in [5, 5.41) is 7.21. The maximum absolute atomic E-state index is 11.9. The zero-order chi connectivity index (χ0) is 15.8. The fourth-order valence-electron chi connectivity index (χ4n) is 3.50. The van der Waals surface area contributed by atoms with Crippen molar-refractivity contribution in [2.24, 2.45) is 0 Å². The number of aryl methyl sites for hydroxylation is 1. The average Bonchev–Trinajstić information content (AvgIpc) is 3.22. The van der Waals surface area contributed by atoms with Gasteiger partial charge >= 0.3 is 6.03 Å². The number of amides is 2. The number of fused-ring (bicyclic) bond motifs is 1. The van der Waals surface area contributed by atoms with Gasteiger partial charge < -0.3 is 15.1 Å². The third kappa shape index (κ3) is 2.47. The van der Waals surface area contributed by atoms with Crippen LogP contribution in [0, 0.1) is 0 Å². The summed E-state index contributed by atoms with van der Waals surface area (Å²) in [6, 6.07) is 2.41. The third-order valence-corrected chi connectivity index (χ3v) is 4.70. The number of nitrogens with zero attached hydrogens (tertiary/aromatic N) is 6. The molecule has 2 saturated heterocycles. The molecule has 2 amide bonds. The Labute approximate surface area is 134 Å². The van der Waals surface area contributed by atoms with E-state index in [9.17, 15) is 4.79 Å². The number of aromatic nitrogens is 4. The van der Waals surface area contributed by atoms with Crippen LogP contribution < -0.4 is 10.2 Å². The molecule has 1 atom stereocenters. The fourth-order valence-corrected chi connectivity index (χ4v) is 3.50. The number of hydrogen-bond donors (Lipinski definition) is 1. The lowest BCUT2D eigenvalue weighted by molar-refractivity contribution is 0.189. The normalized spacial score (nSPS) is 22.0. The Balaban J connectivity index is 1.64. The molecule has 2 aliphatic heterocycles. The smallest absolute Gasteiger partial charge is 0.317 e. The van der Waals surface area contributed by atoms with Crippen molar-refractivity contribution in [1.82, 2.24) is 29.8 Å². The van der Waals surface area contributed by atoms with Gasteiger partial charge in [-0.05, 0) is 19.3 Å². The van der Waals surface area contributed by atoms with Gasteiger partial charge in [0.25, 0.3) is 5.78 Å². The van der Waals surface area contributed by atoms with Crippen LogP contribution in [0.4, 0.5) is 10.6 Å². The second kappa shape index (κ2) is 5.68. The quantitative estimate of drug-likeness (QED) is 0.901. The number of rotatable bonds is 3. The van der Waals surface area contributed by atoms with Gasteiger partial charge in [0.2, 0.25) is 0 Å². The zero-order valence-electron chi connectivity index (χ0n) is 13.3. The Kier molecular flexibility index (Phi) is 3.51. The van der Waals surface area contributed by atoms with E-state index in [-0.39, 0.29) is 12.1 Å². The van der Waals surface area contributed by atoms with Crippen molar-refractivity contribution in [3.05, 3.63) is 18.1 Å². The van der Waals surface area contributed by atoms with Crippen molar-refractivity contribution in [1.29, 1.82) is 0 Å². The van der Waals surface area contributed by atoms with Gasteiger partial charge in [-0.2, -0.15) is 14.6 Å². The molecule has 122 valence electrons. The summed E-state index contributed by atoms with van der Waals surface area (Å²) in [4.78, 5) is 25.0. The van der Waals surface area contributed by atoms with E-state index < -0.39 is 0 Å². The first-order chi connectivity index (χ1) is 11.3. The molecule has 0 saturated carbocycles. The van der Waals surface area contributed by atoms with Crippen LogP contribution in [0.3, 0.4) is 0 Å². The number of urea groups is 1. The fraction of sp³-hybridized carbons (Fsp3) is 0.600. The molecule has 0 radical (unpaired) electrons.